The van der Waals surface area contributed by atoms with Crippen LogP contribution in [0.25, 0.3) is 0 Å². The Hall–Kier alpha value is -1.26. The first-order valence-corrected chi connectivity index (χ1v) is 6.17. The van der Waals surface area contributed by atoms with Crippen molar-refractivity contribution in [3.8, 4) is 11.8 Å². The number of unbranched alkanes of at least 4 members (excludes halogenated alkanes) is 1. The molecule has 0 spiro atoms. The molecule has 0 bridgehead atoms. The summed E-state index contributed by atoms with van der Waals surface area (Å²) < 4.78 is 0. The second-order valence-corrected chi connectivity index (χ2v) is 4.63. The highest BCUT2D eigenvalue weighted by Crippen LogP contribution is 2.25. The average Bonchev–Trinajstić information content (AvgIpc) is 2.33. The molecule has 17 heavy (non-hydrogen) atoms. The van der Waals surface area contributed by atoms with Gasteiger partial charge in [0.2, 0.25) is 0 Å². The minimum atomic E-state index is 0.221. The Morgan fingerprint density at radius 3 is 1.76 bits per heavy atom. The van der Waals surface area contributed by atoms with Gasteiger partial charge < -0.3 is 5.11 Å². The third-order valence-corrected chi connectivity index (χ3v) is 3.67. The first-order valence-electron chi connectivity index (χ1n) is 6.17. The van der Waals surface area contributed by atoms with Gasteiger partial charge in [0, 0.05) is 18.6 Å². The largest absolute Gasteiger partial charge is 0.396 e. The van der Waals surface area contributed by atoms with Crippen molar-refractivity contribution in [1.82, 2.24) is 0 Å². The molecule has 0 aliphatic carbocycles. The van der Waals surface area contributed by atoms with Crippen LogP contribution in [0.3, 0.4) is 0 Å². The third kappa shape index (κ3) is 2.90. The topological polar surface area (TPSA) is 20.2 Å². The number of rotatable bonds is 2. The molecule has 92 valence electrons. The zero-order valence-electron chi connectivity index (χ0n) is 11.6. The summed E-state index contributed by atoms with van der Waals surface area (Å²) in [6.45, 7) is 11.0. The van der Waals surface area contributed by atoms with Crippen LogP contribution in [0.2, 0.25) is 0 Å². The number of benzene rings is 1. The summed E-state index contributed by atoms with van der Waals surface area (Å²) in [7, 11) is 0. The molecule has 0 atom stereocenters. The molecule has 0 unspecified atom stereocenters. The molecule has 0 saturated carbocycles. The van der Waals surface area contributed by atoms with Crippen molar-refractivity contribution in [2.45, 2.75) is 47.5 Å². The Balaban J connectivity index is 3.19. The highest BCUT2D eigenvalue weighted by molar-refractivity contribution is 5.56. The predicted molar refractivity (Wildman–Crippen MR) is 73.3 cm³/mol. The van der Waals surface area contributed by atoms with E-state index < -0.39 is 0 Å². The average molecular weight is 230 g/mol. The molecule has 0 aliphatic heterocycles. The number of aliphatic hydroxyl groups is 1. The van der Waals surface area contributed by atoms with E-state index in [2.05, 4.69) is 46.5 Å². The van der Waals surface area contributed by atoms with Crippen LogP contribution in [-0.2, 0) is 0 Å². The molecule has 1 aromatic rings. The Morgan fingerprint density at radius 2 is 1.29 bits per heavy atom. The minimum absolute atomic E-state index is 0.221. The maximum atomic E-state index is 8.73. The van der Waals surface area contributed by atoms with Crippen LogP contribution in [0, 0.1) is 46.5 Å². The van der Waals surface area contributed by atoms with E-state index in [-0.39, 0.29) is 6.61 Å². The van der Waals surface area contributed by atoms with E-state index in [1.165, 1.54) is 33.4 Å². The molecule has 1 heteroatoms. The van der Waals surface area contributed by atoms with Crippen molar-refractivity contribution < 1.29 is 5.11 Å². The third-order valence-electron chi connectivity index (χ3n) is 3.67. The Morgan fingerprint density at radius 1 is 0.824 bits per heavy atom. The van der Waals surface area contributed by atoms with Crippen LogP contribution in [0.4, 0.5) is 0 Å². The van der Waals surface area contributed by atoms with E-state index in [1.54, 1.807) is 0 Å². The number of hydrogen-bond donors (Lipinski definition) is 1. The lowest BCUT2D eigenvalue weighted by Crippen LogP contribution is -1.99. The van der Waals surface area contributed by atoms with Crippen LogP contribution in [-0.4, -0.2) is 11.7 Å². The van der Waals surface area contributed by atoms with Gasteiger partial charge in [-0.3, -0.25) is 0 Å². The summed E-state index contributed by atoms with van der Waals surface area (Å²) in [4.78, 5) is 0. The molecule has 0 radical (unpaired) electrons. The fraction of sp³-hybridized carbons (Fsp3) is 0.500. The maximum Gasteiger partial charge on any atom is 0.0440 e. The molecule has 0 heterocycles. The van der Waals surface area contributed by atoms with Crippen LogP contribution >= 0.6 is 0 Å². The second-order valence-electron chi connectivity index (χ2n) is 4.63. The molecular formula is C16H22O. The van der Waals surface area contributed by atoms with Gasteiger partial charge in [-0.1, -0.05) is 11.8 Å². The van der Waals surface area contributed by atoms with Gasteiger partial charge in [0.05, 0.1) is 0 Å². The molecule has 1 nitrogen and oxygen atoms in total. The zero-order valence-corrected chi connectivity index (χ0v) is 11.6. The standard InChI is InChI=1S/C16H22O/c1-11-12(2)14(4)16(15(5)13(11)3)9-7-6-8-10-17/h17H,6,8,10H2,1-5H3. The van der Waals surface area contributed by atoms with Gasteiger partial charge in [-0.15, -0.1) is 0 Å². The minimum Gasteiger partial charge on any atom is -0.396 e. The SMILES string of the molecule is Cc1c(C)c(C)c(C#CCCCO)c(C)c1C. The van der Waals surface area contributed by atoms with Gasteiger partial charge in [0.25, 0.3) is 0 Å². The Kier molecular flexibility index (Phi) is 4.78. The molecule has 0 fully saturated rings. The van der Waals surface area contributed by atoms with E-state index in [9.17, 15) is 0 Å². The number of aliphatic hydroxyl groups excluding tert-OH is 1. The van der Waals surface area contributed by atoms with Crippen LogP contribution in [0.5, 0.6) is 0 Å². The lowest BCUT2D eigenvalue weighted by Gasteiger charge is -2.15. The monoisotopic (exact) mass is 230 g/mol. The maximum absolute atomic E-state index is 8.73. The van der Waals surface area contributed by atoms with Gasteiger partial charge in [0.1, 0.15) is 0 Å². The van der Waals surface area contributed by atoms with Gasteiger partial charge in [-0.05, 0) is 68.9 Å². The fourth-order valence-electron chi connectivity index (χ4n) is 2.01. The highest BCUT2D eigenvalue weighted by atomic mass is 16.2. The van der Waals surface area contributed by atoms with Gasteiger partial charge in [-0.2, -0.15) is 0 Å². The molecule has 0 saturated heterocycles. The normalized spacial score (nSPS) is 10.0. The molecule has 0 aliphatic rings. The Labute approximate surface area is 105 Å². The fourth-order valence-corrected chi connectivity index (χ4v) is 2.01. The first kappa shape index (κ1) is 13.8. The lowest BCUT2D eigenvalue weighted by atomic mass is 9.90. The van der Waals surface area contributed by atoms with E-state index in [1.807, 2.05) is 0 Å². The molecule has 0 aromatic heterocycles. The highest BCUT2D eigenvalue weighted by Gasteiger charge is 2.09. The van der Waals surface area contributed by atoms with Crippen molar-refractivity contribution in [3.05, 3.63) is 33.4 Å². The second kappa shape index (κ2) is 5.89. The van der Waals surface area contributed by atoms with Gasteiger partial charge >= 0.3 is 0 Å². The van der Waals surface area contributed by atoms with Crippen LogP contribution in [0.1, 0.15) is 46.2 Å². The molecule has 1 aromatic carbocycles. The van der Waals surface area contributed by atoms with Gasteiger partial charge in [-0.25, -0.2) is 0 Å². The van der Waals surface area contributed by atoms with E-state index in [0.717, 1.165) is 12.8 Å². The summed E-state index contributed by atoms with van der Waals surface area (Å²) in [5.74, 6) is 6.41. The van der Waals surface area contributed by atoms with E-state index in [0.29, 0.717) is 0 Å². The molecule has 1 rings (SSSR count). The van der Waals surface area contributed by atoms with Crippen molar-refractivity contribution in [2.24, 2.45) is 0 Å². The zero-order chi connectivity index (χ0) is 13.0. The summed E-state index contributed by atoms with van der Waals surface area (Å²) >= 11 is 0. The van der Waals surface area contributed by atoms with Crippen molar-refractivity contribution in [2.75, 3.05) is 6.61 Å². The molecule has 1 N–H and O–H groups in total. The molecular weight excluding hydrogens is 208 g/mol. The smallest absolute Gasteiger partial charge is 0.0440 e. The van der Waals surface area contributed by atoms with E-state index >= 15 is 0 Å². The van der Waals surface area contributed by atoms with Crippen LogP contribution < -0.4 is 0 Å². The summed E-state index contributed by atoms with van der Waals surface area (Å²) in [6.07, 6.45) is 1.52. The van der Waals surface area contributed by atoms with E-state index in [4.69, 9.17) is 5.11 Å². The van der Waals surface area contributed by atoms with Gasteiger partial charge in [0.15, 0.2) is 0 Å². The van der Waals surface area contributed by atoms with Crippen molar-refractivity contribution >= 4 is 0 Å². The van der Waals surface area contributed by atoms with Crippen LogP contribution in [0.15, 0.2) is 0 Å². The first-order chi connectivity index (χ1) is 8.00. The molecule has 0 amide bonds. The van der Waals surface area contributed by atoms with Crippen molar-refractivity contribution in [1.29, 1.82) is 0 Å². The lowest BCUT2D eigenvalue weighted by molar-refractivity contribution is 0.290. The number of hydrogen-bond acceptors (Lipinski definition) is 1. The summed E-state index contributed by atoms with van der Waals surface area (Å²) in [6, 6.07) is 0. The summed E-state index contributed by atoms with van der Waals surface area (Å²) in [5, 5.41) is 8.73. The quantitative estimate of drug-likeness (QED) is 0.610. The van der Waals surface area contributed by atoms with Crippen molar-refractivity contribution in [3.63, 3.8) is 0 Å². The predicted octanol–water partition coefficient (Wildman–Crippen LogP) is 3.35. The summed E-state index contributed by atoms with van der Waals surface area (Å²) in [5.41, 5.74) is 7.83. The Bertz CT molecular complexity index is 444.